The van der Waals surface area contributed by atoms with Gasteiger partial charge in [-0.05, 0) is 43.2 Å². The molecule has 0 spiro atoms. The van der Waals surface area contributed by atoms with Gasteiger partial charge in [-0.2, -0.15) is 0 Å². The molecule has 0 bridgehead atoms. The minimum Gasteiger partial charge on any atom is -0.320 e. The zero-order valence-corrected chi connectivity index (χ0v) is 13.7. The fourth-order valence-electron chi connectivity index (χ4n) is 2.33. The summed E-state index contributed by atoms with van der Waals surface area (Å²) in [5, 5.41) is 2.18. The minimum atomic E-state index is -0.871. The molecular weight excluding hydrogens is 314 g/mol. The molecule has 0 unspecified atom stereocenters. The van der Waals surface area contributed by atoms with Crippen molar-refractivity contribution >= 4 is 23.2 Å². The summed E-state index contributed by atoms with van der Waals surface area (Å²) in [6.07, 6.45) is 0. The number of halogens is 2. The Kier molecular flexibility index (Phi) is 5.28. The highest BCUT2D eigenvalue weighted by Gasteiger charge is 2.20. The molecule has 4 nitrogen and oxygen atoms in total. The van der Waals surface area contributed by atoms with E-state index < -0.39 is 23.2 Å². The quantitative estimate of drug-likeness (QED) is 0.930. The van der Waals surface area contributed by atoms with Crippen LogP contribution in [0.2, 0.25) is 0 Å². The summed E-state index contributed by atoms with van der Waals surface area (Å²) in [6.45, 7) is 4.73. The van der Waals surface area contributed by atoms with Crippen LogP contribution in [0.15, 0.2) is 36.4 Å². The molecule has 2 amide bonds. The number of rotatable bonds is 4. The van der Waals surface area contributed by atoms with Crippen molar-refractivity contribution in [1.29, 1.82) is 0 Å². The summed E-state index contributed by atoms with van der Waals surface area (Å²) in [4.78, 5) is 25.4. The molecule has 0 atom stereocenters. The zero-order valence-electron chi connectivity index (χ0n) is 13.7. The summed E-state index contributed by atoms with van der Waals surface area (Å²) in [5.74, 6) is -2.77. The molecule has 1 N–H and O–H groups in total. The number of hydrogen-bond acceptors (Lipinski definition) is 2. The molecule has 0 saturated carbocycles. The molecule has 2 aromatic rings. The number of aryl methyl sites for hydroxylation is 1. The van der Waals surface area contributed by atoms with Gasteiger partial charge >= 0.3 is 0 Å². The first-order chi connectivity index (χ1) is 11.3. The zero-order chi connectivity index (χ0) is 17.9. The lowest BCUT2D eigenvalue weighted by atomic mass is 10.1. The van der Waals surface area contributed by atoms with Gasteiger partial charge in [-0.25, -0.2) is 8.78 Å². The first-order valence-electron chi connectivity index (χ1n) is 7.39. The van der Waals surface area contributed by atoms with E-state index in [0.717, 1.165) is 23.3 Å². The lowest BCUT2D eigenvalue weighted by Crippen LogP contribution is -2.37. The third-order valence-electron chi connectivity index (χ3n) is 3.78. The van der Waals surface area contributed by atoms with Crippen molar-refractivity contribution < 1.29 is 18.4 Å². The molecule has 0 heterocycles. The molecule has 24 heavy (non-hydrogen) atoms. The van der Waals surface area contributed by atoms with Crippen LogP contribution < -0.4 is 10.2 Å². The Morgan fingerprint density at radius 3 is 2.21 bits per heavy atom. The van der Waals surface area contributed by atoms with Crippen molar-refractivity contribution in [1.82, 2.24) is 0 Å². The first-order valence-corrected chi connectivity index (χ1v) is 7.39. The molecule has 0 aliphatic carbocycles. The van der Waals surface area contributed by atoms with E-state index in [4.69, 9.17) is 0 Å². The number of para-hydroxylation sites is 1. The lowest BCUT2D eigenvalue weighted by Gasteiger charge is -2.23. The van der Waals surface area contributed by atoms with E-state index in [0.29, 0.717) is 5.69 Å². The predicted molar refractivity (Wildman–Crippen MR) is 88.9 cm³/mol. The smallest absolute Gasteiger partial charge is 0.244 e. The van der Waals surface area contributed by atoms with Crippen molar-refractivity contribution in [2.75, 3.05) is 16.8 Å². The normalized spacial score (nSPS) is 10.4. The Hall–Kier alpha value is -2.76. The number of hydrogen-bond donors (Lipinski definition) is 1. The second-order valence-corrected chi connectivity index (χ2v) is 5.47. The van der Waals surface area contributed by atoms with Gasteiger partial charge in [0.05, 0.1) is 0 Å². The molecule has 0 aliphatic rings. The largest absolute Gasteiger partial charge is 0.320 e. The van der Waals surface area contributed by atoms with E-state index in [-0.39, 0.29) is 12.5 Å². The summed E-state index contributed by atoms with van der Waals surface area (Å²) in [5.41, 5.74) is 1.90. The molecule has 2 aromatic carbocycles. The van der Waals surface area contributed by atoms with Gasteiger partial charge in [-0.15, -0.1) is 0 Å². The Morgan fingerprint density at radius 1 is 1.04 bits per heavy atom. The average molecular weight is 332 g/mol. The van der Waals surface area contributed by atoms with Crippen molar-refractivity contribution in [2.45, 2.75) is 20.8 Å². The number of nitrogens with one attached hydrogen (secondary N) is 1. The SMILES string of the molecule is CC(=O)N(CC(=O)Nc1c(F)cccc1F)c1cccc(C)c1C. The highest BCUT2D eigenvalue weighted by atomic mass is 19.1. The van der Waals surface area contributed by atoms with Gasteiger partial charge in [-0.3, -0.25) is 9.59 Å². The van der Waals surface area contributed by atoms with Crippen molar-refractivity contribution in [2.24, 2.45) is 0 Å². The van der Waals surface area contributed by atoms with Crippen LogP contribution in [-0.4, -0.2) is 18.4 Å². The Labute approximate surface area is 139 Å². The number of benzene rings is 2. The number of amides is 2. The van der Waals surface area contributed by atoms with E-state index >= 15 is 0 Å². The minimum absolute atomic E-state index is 0.340. The van der Waals surface area contributed by atoms with Crippen LogP contribution in [0.3, 0.4) is 0 Å². The summed E-state index contributed by atoms with van der Waals surface area (Å²) < 4.78 is 27.2. The Morgan fingerprint density at radius 2 is 1.62 bits per heavy atom. The molecule has 0 aliphatic heterocycles. The maximum absolute atomic E-state index is 13.6. The molecule has 0 radical (unpaired) electrons. The van der Waals surface area contributed by atoms with Gasteiger partial charge in [-0.1, -0.05) is 18.2 Å². The maximum atomic E-state index is 13.6. The van der Waals surface area contributed by atoms with E-state index in [1.165, 1.54) is 17.9 Å². The second-order valence-electron chi connectivity index (χ2n) is 5.47. The van der Waals surface area contributed by atoms with Crippen LogP contribution in [0.4, 0.5) is 20.2 Å². The van der Waals surface area contributed by atoms with Crippen LogP contribution in [0.25, 0.3) is 0 Å². The first kappa shape index (κ1) is 17.6. The van der Waals surface area contributed by atoms with Crippen LogP contribution in [0, 0.1) is 25.5 Å². The predicted octanol–water partition coefficient (Wildman–Crippen LogP) is 3.57. The van der Waals surface area contributed by atoms with Gasteiger partial charge in [0.15, 0.2) is 0 Å². The van der Waals surface area contributed by atoms with Crippen molar-refractivity contribution in [3.8, 4) is 0 Å². The van der Waals surface area contributed by atoms with Gasteiger partial charge in [0.1, 0.15) is 23.9 Å². The molecule has 126 valence electrons. The summed E-state index contributed by atoms with van der Waals surface area (Å²) >= 11 is 0. The van der Waals surface area contributed by atoms with E-state index in [1.807, 2.05) is 19.9 Å². The van der Waals surface area contributed by atoms with Gasteiger partial charge in [0, 0.05) is 12.6 Å². The van der Waals surface area contributed by atoms with Crippen molar-refractivity contribution in [3.05, 3.63) is 59.2 Å². The highest BCUT2D eigenvalue weighted by Crippen LogP contribution is 2.23. The van der Waals surface area contributed by atoms with Crippen LogP contribution >= 0.6 is 0 Å². The van der Waals surface area contributed by atoms with E-state index in [1.54, 1.807) is 12.1 Å². The Balaban J connectivity index is 2.24. The molecule has 0 fully saturated rings. The van der Waals surface area contributed by atoms with Crippen LogP contribution in [0.5, 0.6) is 0 Å². The number of carbonyl (C=O) groups is 2. The van der Waals surface area contributed by atoms with Gasteiger partial charge in [0.25, 0.3) is 0 Å². The number of nitrogens with zero attached hydrogens (tertiary/aromatic N) is 1. The average Bonchev–Trinajstić information content (AvgIpc) is 2.51. The number of anilines is 2. The topological polar surface area (TPSA) is 49.4 Å². The summed E-state index contributed by atoms with van der Waals surface area (Å²) in [6, 6.07) is 8.70. The summed E-state index contributed by atoms with van der Waals surface area (Å²) in [7, 11) is 0. The molecule has 0 aromatic heterocycles. The lowest BCUT2D eigenvalue weighted by molar-refractivity contribution is -0.120. The van der Waals surface area contributed by atoms with E-state index in [2.05, 4.69) is 5.32 Å². The third kappa shape index (κ3) is 3.76. The molecule has 2 rings (SSSR count). The molecule has 6 heteroatoms. The fourth-order valence-corrected chi connectivity index (χ4v) is 2.33. The van der Waals surface area contributed by atoms with Crippen molar-refractivity contribution in [3.63, 3.8) is 0 Å². The fraction of sp³-hybridized carbons (Fsp3) is 0.222. The van der Waals surface area contributed by atoms with E-state index in [9.17, 15) is 18.4 Å². The highest BCUT2D eigenvalue weighted by molar-refractivity contribution is 6.02. The second kappa shape index (κ2) is 7.21. The number of carbonyl (C=O) groups excluding carboxylic acids is 2. The van der Waals surface area contributed by atoms with Crippen LogP contribution in [0.1, 0.15) is 18.1 Å². The van der Waals surface area contributed by atoms with Gasteiger partial charge in [0.2, 0.25) is 11.8 Å². The van der Waals surface area contributed by atoms with Crippen LogP contribution in [-0.2, 0) is 9.59 Å². The maximum Gasteiger partial charge on any atom is 0.244 e. The third-order valence-corrected chi connectivity index (χ3v) is 3.78. The monoisotopic (exact) mass is 332 g/mol. The standard InChI is InChI=1S/C18H18F2N2O2/c1-11-6-4-9-16(12(11)2)22(13(3)23)10-17(24)21-18-14(19)7-5-8-15(18)20/h4-9H,10H2,1-3H3,(H,21,24). The van der Waals surface area contributed by atoms with Gasteiger partial charge < -0.3 is 10.2 Å². The molecule has 0 saturated heterocycles. The molecular formula is C18H18F2N2O2. The Bertz CT molecular complexity index is 770.